The Bertz CT molecular complexity index is 1130. The second kappa shape index (κ2) is 11.7. The van der Waals surface area contributed by atoms with Gasteiger partial charge in [0.05, 0.1) is 6.04 Å². The van der Waals surface area contributed by atoms with Gasteiger partial charge >= 0.3 is 0 Å². The van der Waals surface area contributed by atoms with Crippen LogP contribution in [0.2, 0.25) is 0 Å². The van der Waals surface area contributed by atoms with Crippen LogP contribution in [-0.2, 0) is 6.54 Å². The summed E-state index contributed by atoms with van der Waals surface area (Å²) in [4.78, 5) is 20.1. The summed E-state index contributed by atoms with van der Waals surface area (Å²) in [5, 5.41) is 9.64. The number of carbonyl (C=O) groups excluding carboxylic acids is 1. The molecule has 36 heavy (non-hydrogen) atoms. The fourth-order valence-corrected chi connectivity index (χ4v) is 5.39. The number of hydrogen-bond acceptors (Lipinski definition) is 4. The van der Waals surface area contributed by atoms with Crippen molar-refractivity contribution >= 4 is 5.91 Å². The van der Waals surface area contributed by atoms with E-state index in [1.165, 1.54) is 11.1 Å². The topological polar surface area (TPSA) is 47.0 Å². The summed E-state index contributed by atoms with van der Waals surface area (Å²) < 4.78 is 0. The van der Waals surface area contributed by atoms with E-state index in [-0.39, 0.29) is 11.9 Å². The fourth-order valence-electron chi connectivity index (χ4n) is 5.39. The lowest BCUT2D eigenvalue weighted by Gasteiger charge is -2.47. The molecular formula is C31H39N3O2. The number of amides is 1. The van der Waals surface area contributed by atoms with E-state index in [0.717, 1.165) is 30.8 Å². The van der Waals surface area contributed by atoms with E-state index in [2.05, 4.69) is 66.1 Å². The quantitative estimate of drug-likeness (QED) is 0.454. The number of hydrogen-bond donors (Lipinski definition) is 1. The van der Waals surface area contributed by atoms with Gasteiger partial charge in [0.25, 0.3) is 5.91 Å². The molecule has 4 rings (SSSR count). The number of rotatable bonds is 8. The third-order valence-electron chi connectivity index (χ3n) is 7.43. The van der Waals surface area contributed by atoms with Crippen LogP contribution in [0.25, 0.3) is 0 Å². The fraction of sp³-hybridized carbons (Fsp3) is 0.387. The molecule has 1 aliphatic heterocycles. The first-order chi connectivity index (χ1) is 17.4. The first kappa shape index (κ1) is 25.9. The highest BCUT2D eigenvalue weighted by Gasteiger charge is 2.35. The van der Waals surface area contributed by atoms with Gasteiger partial charge in [0.1, 0.15) is 5.75 Å². The van der Waals surface area contributed by atoms with E-state index in [4.69, 9.17) is 0 Å². The molecule has 5 nitrogen and oxygen atoms in total. The Balaban J connectivity index is 1.62. The molecule has 1 heterocycles. The molecule has 0 aromatic heterocycles. The van der Waals surface area contributed by atoms with E-state index in [1.807, 2.05) is 43.0 Å². The highest BCUT2D eigenvalue weighted by Crippen LogP contribution is 2.34. The van der Waals surface area contributed by atoms with E-state index in [1.54, 1.807) is 12.1 Å². The Kier molecular flexibility index (Phi) is 8.44. The molecule has 3 aromatic rings. The second-order valence-corrected chi connectivity index (χ2v) is 9.91. The van der Waals surface area contributed by atoms with Crippen LogP contribution >= 0.6 is 0 Å². The van der Waals surface area contributed by atoms with Gasteiger partial charge in [-0.15, -0.1) is 0 Å². The maximum Gasteiger partial charge on any atom is 0.253 e. The first-order valence-electron chi connectivity index (χ1n) is 13.1. The summed E-state index contributed by atoms with van der Waals surface area (Å²) in [6.45, 7) is 12.8. The summed E-state index contributed by atoms with van der Waals surface area (Å²) in [5.41, 5.74) is 4.37. The average molecular weight is 486 g/mol. The predicted octanol–water partition coefficient (Wildman–Crippen LogP) is 5.56. The van der Waals surface area contributed by atoms with Crippen molar-refractivity contribution in [3.8, 4) is 5.75 Å². The largest absolute Gasteiger partial charge is 0.508 e. The summed E-state index contributed by atoms with van der Waals surface area (Å²) in [6.07, 6.45) is 0. The van der Waals surface area contributed by atoms with Gasteiger partial charge in [-0.1, -0.05) is 54.6 Å². The molecule has 0 saturated carbocycles. The van der Waals surface area contributed by atoms with Gasteiger partial charge < -0.3 is 10.0 Å². The maximum absolute atomic E-state index is 13.1. The van der Waals surface area contributed by atoms with Gasteiger partial charge in [-0.3, -0.25) is 14.6 Å². The zero-order valence-electron chi connectivity index (χ0n) is 22.0. The molecule has 0 radical (unpaired) electrons. The van der Waals surface area contributed by atoms with Crippen molar-refractivity contribution in [2.24, 2.45) is 0 Å². The summed E-state index contributed by atoms with van der Waals surface area (Å²) >= 11 is 0. The van der Waals surface area contributed by atoms with Gasteiger partial charge in [0.15, 0.2) is 0 Å². The average Bonchev–Trinajstić information content (AvgIpc) is 2.90. The number of nitrogens with zero attached hydrogens (tertiary/aromatic N) is 3. The zero-order chi connectivity index (χ0) is 25.7. The molecular weight excluding hydrogens is 446 g/mol. The van der Waals surface area contributed by atoms with E-state index < -0.39 is 0 Å². The van der Waals surface area contributed by atoms with Gasteiger partial charge in [0, 0.05) is 50.4 Å². The summed E-state index contributed by atoms with van der Waals surface area (Å²) in [7, 11) is 0. The Hall–Kier alpha value is -3.15. The van der Waals surface area contributed by atoms with Crippen LogP contribution in [0.4, 0.5) is 0 Å². The Morgan fingerprint density at radius 1 is 0.889 bits per heavy atom. The minimum absolute atomic E-state index is 0.0731. The smallest absolute Gasteiger partial charge is 0.253 e. The lowest BCUT2D eigenvalue weighted by Crippen LogP contribution is -2.56. The molecule has 190 valence electrons. The lowest BCUT2D eigenvalue weighted by atomic mass is 9.92. The molecule has 1 fully saturated rings. The van der Waals surface area contributed by atoms with Crippen molar-refractivity contribution in [1.82, 2.24) is 14.7 Å². The number of phenols is 1. The van der Waals surface area contributed by atoms with Gasteiger partial charge in [0.2, 0.25) is 0 Å². The molecule has 0 aliphatic carbocycles. The van der Waals surface area contributed by atoms with Gasteiger partial charge in [-0.25, -0.2) is 0 Å². The first-order valence-corrected chi connectivity index (χ1v) is 13.1. The van der Waals surface area contributed by atoms with Crippen LogP contribution in [0.3, 0.4) is 0 Å². The zero-order valence-corrected chi connectivity index (χ0v) is 22.0. The van der Waals surface area contributed by atoms with Crippen LogP contribution in [0, 0.1) is 0 Å². The summed E-state index contributed by atoms with van der Waals surface area (Å²) in [5.74, 6) is 0.395. The standard InChI is InChI=1S/C31H39N3O2/c1-5-32(6-2)31(36)28-14-10-13-27(19-28)30(26-11-8-7-9-12-26)34-21-23(3)33(20-24(34)4)22-25-15-17-29(35)18-16-25/h7-19,23-24,30,35H,5-6,20-22H2,1-4H3/t23-,24+,30+/m1/s1. The van der Waals surface area contributed by atoms with Crippen LogP contribution < -0.4 is 0 Å². The molecule has 3 aromatic carbocycles. The van der Waals surface area contributed by atoms with Crippen molar-refractivity contribution in [2.75, 3.05) is 26.2 Å². The maximum atomic E-state index is 13.1. The van der Waals surface area contributed by atoms with Crippen molar-refractivity contribution in [2.45, 2.75) is 52.4 Å². The Morgan fingerprint density at radius 3 is 2.22 bits per heavy atom. The molecule has 0 unspecified atom stereocenters. The SMILES string of the molecule is CCN(CC)C(=O)c1cccc([C@H](c2ccccc2)N2C[C@@H](C)N(Cc3ccc(O)cc3)C[C@@H]2C)c1. The third kappa shape index (κ3) is 5.80. The van der Waals surface area contributed by atoms with Crippen molar-refractivity contribution in [3.63, 3.8) is 0 Å². The number of aromatic hydroxyl groups is 1. The molecule has 0 bridgehead atoms. The molecule has 1 amide bonds. The van der Waals surface area contributed by atoms with Crippen LogP contribution in [0.15, 0.2) is 78.9 Å². The van der Waals surface area contributed by atoms with Gasteiger partial charge in [-0.05, 0) is 68.7 Å². The van der Waals surface area contributed by atoms with E-state index in [9.17, 15) is 9.90 Å². The van der Waals surface area contributed by atoms with Gasteiger partial charge in [-0.2, -0.15) is 0 Å². The van der Waals surface area contributed by atoms with Crippen LogP contribution in [0.1, 0.15) is 60.8 Å². The minimum atomic E-state index is 0.0731. The van der Waals surface area contributed by atoms with Crippen molar-refractivity contribution < 1.29 is 9.90 Å². The second-order valence-electron chi connectivity index (χ2n) is 9.91. The number of carbonyl (C=O) groups is 1. The number of piperazine rings is 1. The number of phenolic OH excluding ortho intramolecular Hbond substituents is 1. The lowest BCUT2D eigenvalue weighted by molar-refractivity contribution is 0.0195. The minimum Gasteiger partial charge on any atom is -0.508 e. The molecule has 1 aliphatic rings. The molecule has 1 N–H and O–H groups in total. The molecule has 5 heteroatoms. The molecule has 0 spiro atoms. The van der Waals surface area contributed by atoms with Crippen LogP contribution in [-0.4, -0.2) is 64.0 Å². The van der Waals surface area contributed by atoms with E-state index >= 15 is 0 Å². The summed E-state index contributed by atoms with van der Waals surface area (Å²) in [6, 6.07) is 27.2. The molecule has 1 saturated heterocycles. The monoisotopic (exact) mass is 485 g/mol. The van der Waals surface area contributed by atoms with E-state index in [0.29, 0.717) is 30.9 Å². The highest BCUT2D eigenvalue weighted by molar-refractivity contribution is 5.94. The normalized spacial score (nSPS) is 19.7. The predicted molar refractivity (Wildman–Crippen MR) is 146 cm³/mol. The number of benzene rings is 3. The Morgan fingerprint density at radius 2 is 1.56 bits per heavy atom. The third-order valence-corrected chi connectivity index (χ3v) is 7.43. The molecule has 3 atom stereocenters. The Labute approximate surface area is 216 Å². The van der Waals surface area contributed by atoms with Crippen molar-refractivity contribution in [3.05, 3.63) is 101 Å². The van der Waals surface area contributed by atoms with Crippen molar-refractivity contribution in [1.29, 1.82) is 0 Å². The highest BCUT2D eigenvalue weighted by atomic mass is 16.3. The van der Waals surface area contributed by atoms with Crippen LogP contribution in [0.5, 0.6) is 5.75 Å².